The summed E-state index contributed by atoms with van der Waals surface area (Å²) < 4.78 is 28.5. The predicted molar refractivity (Wildman–Crippen MR) is 65.3 cm³/mol. The predicted octanol–water partition coefficient (Wildman–Crippen LogP) is 0.700. The fourth-order valence-corrected chi connectivity index (χ4v) is 4.82. The third-order valence-corrected chi connectivity index (χ3v) is 5.82. The topological polar surface area (TPSA) is 55.4 Å². The van der Waals surface area contributed by atoms with Crippen molar-refractivity contribution in [2.24, 2.45) is 11.3 Å². The highest BCUT2D eigenvalue weighted by Crippen LogP contribution is 2.52. The third-order valence-electron chi connectivity index (χ3n) is 4.42. The van der Waals surface area contributed by atoms with E-state index in [0.29, 0.717) is 18.1 Å². The lowest BCUT2D eigenvalue weighted by molar-refractivity contribution is -0.113. The molecule has 0 amide bonds. The molecule has 1 saturated heterocycles. The van der Waals surface area contributed by atoms with Gasteiger partial charge in [-0.15, -0.1) is 0 Å². The Morgan fingerprint density at radius 2 is 2.18 bits per heavy atom. The first kappa shape index (κ1) is 11.7. The summed E-state index contributed by atoms with van der Waals surface area (Å²) in [6.45, 7) is 5.24. The molecule has 2 fully saturated rings. The molecule has 3 aliphatic rings. The standard InChI is InChI=1S/C12H19NO3S/c1-12(2)10(9-3-5-16-11(9)12)13-8-4-6-17(14,15)7-8/h4,6,8-11,13H,3,5,7H2,1-2H3. The highest BCUT2D eigenvalue weighted by atomic mass is 32.2. The van der Waals surface area contributed by atoms with Crippen LogP contribution in [0.5, 0.6) is 0 Å². The number of ether oxygens (including phenoxy) is 1. The summed E-state index contributed by atoms with van der Waals surface area (Å²) in [5.74, 6) is 0.763. The zero-order chi connectivity index (χ0) is 12.3. The normalized spacial score (nSPS) is 45.5. The molecule has 3 rings (SSSR count). The van der Waals surface area contributed by atoms with Crippen LogP contribution in [0.25, 0.3) is 0 Å². The Hall–Kier alpha value is -0.390. The molecule has 0 bridgehead atoms. The summed E-state index contributed by atoms with van der Waals surface area (Å²) in [6.07, 6.45) is 3.21. The number of fused-ring (bicyclic) bond motifs is 1. The molecular formula is C12H19NO3S. The Morgan fingerprint density at radius 3 is 2.82 bits per heavy atom. The maximum atomic E-state index is 11.4. The van der Waals surface area contributed by atoms with Crippen molar-refractivity contribution < 1.29 is 13.2 Å². The van der Waals surface area contributed by atoms with Gasteiger partial charge in [-0.3, -0.25) is 0 Å². The van der Waals surface area contributed by atoms with E-state index in [1.807, 2.05) is 0 Å². The van der Waals surface area contributed by atoms with Gasteiger partial charge in [-0.25, -0.2) is 8.42 Å². The Bertz CT molecular complexity index is 454. The van der Waals surface area contributed by atoms with E-state index < -0.39 is 9.84 Å². The van der Waals surface area contributed by atoms with Crippen LogP contribution in [0.4, 0.5) is 0 Å². The van der Waals surface area contributed by atoms with Crippen molar-refractivity contribution in [2.45, 2.75) is 38.5 Å². The molecule has 0 spiro atoms. The summed E-state index contributed by atoms with van der Waals surface area (Å²) in [4.78, 5) is 0. The Balaban J connectivity index is 1.69. The number of sulfone groups is 1. The monoisotopic (exact) mass is 257 g/mol. The SMILES string of the molecule is CC1(C)C(NC2C=CS(=O)(=O)C2)C2CCOC21. The minimum Gasteiger partial charge on any atom is -0.377 e. The minimum absolute atomic E-state index is 0.0224. The molecule has 0 radical (unpaired) electrons. The largest absolute Gasteiger partial charge is 0.377 e. The molecule has 4 nitrogen and oxygen atoms in total. The van der Waals surface area contributed by atoms with Crippen LogP contribution in [0.2, 0.25) is 0 Å². The van der Waals surface area contributed by atoms with E-state index in [0.717, 1.165) is 13.0 Å². The highest BCUT2D eigenvalue weighted by Gasteiger charge is 2.59. The van der Waals surface area contributed by atoms with Crippen LogP contribution in [0.1, 0.15) is 20.3 Å². The molecule has 4 unspecified atom stereocenters. The van der Waals surface area contributed by atoms with Gasteiger partial charge in [0.05, 0.1) is 11.9 Å². The zero-order valence-electron chi connectivity index (χ0n) is 10.2. The fourth-order valence-electron chi connectivity index (χ4n) is 3.57. The average molecular weight is 257 g/mol. The van der Waals surface area contributed by atoms with E-state index in [-0.39, 0.29) is 17.2 Å². The van der Waals surface area contributed by atoms with Gasteiger partial charge in [-0.05, 0) is 6.42 Å². The molecule has 2 aliphatic heterocycles. The van der Waals surface area contributed by atoms with Crippen molar-refractivity contribution in [1.82, 2.24) is 5.32 Å². The first-order chi connectivity index (χ1) is 7.90. The zero-order valence-corrected chi connectivity index (χ0v) is 11.0. The fraction of sp³-hybridized carbons (Fsp3) is 0.833. The lowest BCUT2D eigenvalue weighted by atomic mass is 9.57. The maximum Gasteiger partial charge on any atom is 0.173 e. The first-order valence-corrected chi connectivity index (χ1v) is 7.90. The van der Waals surface area contributed by atoms with Gasteiger partial charge in [0.25, 0.3) is 0 Å². The van der Waals surface area contributed by atoms with E-state index in [2.05, 4.69) is 19.2 Å². The van der Waals surface area contributed by atoms with Gasteiger partial charge in [-0.2, -0.15) is 0 Å². The second-order valence-electron chi connectivity index (χ2n) is 5.97. The summed E-state index contributed by atoms with van der Waals surface area (Å²) in [7, 11) is -2.96. The second kappa shape index (κ2) is 3.56. The molecule has 2 heterocycles. The lowest BCUT2D eigenvalue weighted by Crippen LogP contribution is -2.67. The van der Waals surface area contributed by atoms with E-state index in [4.69, 9.17) is 4.74 Å². The van der Waals surface area contributed by atoms with Crippen LogP contribution in [0.15, 0.2) is 11.5 Å². The summed E-state index contributed by atoms with van der Waals surface area (Å²) in [6, 6.07) is 0.351. The van der Waals surface area contributed by atoms with Crippen LogP contribution in [0, 0.1) is 11.3 Å². The minimum atomic E-state index is -2.96. The molecule has 1 N–H and O–H groups in total. The number of hydrogen-bond donors (Lipinski definition) is 1. The van der Waals surface area contributed by atoms with Crippen LogP contribution < -0.4 is 5.32 Å². The lowest BCUT2D eigenvalue weighted by Gasteiger charge is -2.55. The maximum absolute atomic E-state index is 11.4. The summed E-state index contributed by atoms with van der Waals surface area (Å²) >= 11 is 0. The van der Waals surface area contributed by atoms with Crippen molar-refractivity contribution in [1.29, 1.82) is 0 Å². The average Bonchev–Trinajstić information content (AvgIpc) is 2.79. The van der Waals surface area contributed by atoms with Crippen molar-refractivity contribution in [3.63, 3.8) is 0 Å². The molecule has 0 aromatic heterocycles. The van der Waals surface area contributed by atoms with Gasteiger partial charge in [0.1, 0.15) is 0 Å². The van der Waals surface area contributed by atoms with Crippen molar-refractivity contribution in [3.8, 4) is 0 Å². The molecule has 0 aromatic rings. The van der Waals surface area contributed by atoms with Crippen LogP contribution in [-0.2, 0) is 14.6 Å². The third kappa shape index (κ3) is 1.75. The van der Waals surface area contributed by atoms with Gasteiger partial charge < -0.3 is 10.1 Å². The van der Waals surface area contributed by atoms with E-state index in [1.54, 1.807) is 6.08 Å². The van der Waals surface area contributed by atoms with E-state index in [9.17, 15) is 8.42 Å². The van der Waals surface area contributed by atoms with Crippen molar-refractivity contribution in [2.75, 3.05) is 12.4 Å². The molecule has 1 saturated carbocycles. The molecule has 5 heteroatoms. The van der Waals surface area contributed by atoms with Gasteiger partial charge >= 0.3 is 0 Å². The quantitative estimate of drug-likeness (QED) is 0.791. The molecule has 4 atom stereocenters. The second-order valence-corrected chi connectivity index (χ2v) is 7.91. The molecular weight excluding hydrogens is 238 g/mol. The number of hydrogen-bond acceptors (Lipinski definition) is 4. The Labute approximate surface area is 102 Å². The first-order valence-electron chi connectivity index (χ1n) is 6.19. The smallest absolute Gasteiger partial charge is 0.173 e. The molecule has 0 aromatic carbocycles. The Morgan fingerprint density at radius 1 is 1.41 bits per heavy atom. The van der Waals surface area contributed by atoms with Crippen molar-refractivity contribution in [3.05, 3.63) is 11.5 Å². The van der Waals surface area contributed by atoms with Crippen LogP contribution in [-0.4, -0.2) is 39.0 Å². The van der Waals surface area contributed by atoms with Crippen LogP contribution >= 0.6 is 0 Å². The number of rotatable bonds is 2. The summed E-state index contributed by atoms with van der Waals surface area (Å²) in [5.41, 5.74) is 0.112. The highest BCUT2D eigenvalue weighted by molar-refractivity contribution is 7.94. The number of nitrogens with one attached hydrogen (secondary N) is 1. The molecule has 1 aliphatic carbocycles. The van der Waals surface area contributed by atoms with E-state index in [1.165, 1.54) is 5.41 Å². The Kier molecular flexibility index (Phi) is 2.44. The summed E-state index contributed by atoms with van der Waals surface area (Å²) in [5, 5.41) is 4.82. The van der Waals surface area contributed by atoms with Gasteiger partial charge in [0, 0.05) is 35.4 Å². The van der Waals surface area contributed by atoms with Gasteiger partial charge in [0.15, 0.2) is 9.84 Å². The van der Waals surface area contributed by atoms with Crippen LogP contribution in [0.3, 0.4) is 0 Å². The molecule has 96 valence electrons. The molecule has 17 heavy (non-hydrogen) atoms. The van der Waals surface area contributed by atoms with Gasteiger partial charge in [0.2, 0.25) is 0 Å². The van der Waals surface area contributed by atoms with Gasteiger partial charge in [-0.1, -0.05) is 19.9 Å². The van der Waals surface area contributed by atoms with Crippen molar-refractivity contribution >= 4 is 9.84 Å². The van der Waals surface area contributed by atoms with E-state index >= 15 is 0 Å².